The van der Waals surface area contributed by atoms with Gasteiger partial charge < -0.3 is 34.5 Å². The number of benzene rings is 3. The highest BCUT2D eigenvalue weighted by Gasteiger charge is 2.32. The molecule has 0 saturated carbocycles. The van der Waals surface area contributed by atoms with Crippen molar-refractivity contribution in [1.82, 2.24) is 20.6 Å². The Morgan fingerprint density at radius 2 is 1.75 bits per heavy atom. The third-order valence-electron chi connectivity index (χ3n) is 7.95. The third kappa shape index (κ3) is 8.69. The zero-order chi connectivity index (χ0) is 36.7. The summed E-state index contributed by atoms with van der Waals surface area (Å²) in [7, 11) is 1.27. The summed E-state index contributed by atoms with van der Waals surface area (Å²) in [4.78, 5) is 37.1. The molecule has 15 heteroatoms. The van der Waals surface area contributed by atoms with E-state index in [1.165, 1.54) is 31.0 Å². The predicted molar refractivity (Wildman–Crippen MR) is 191 cm³/mol. The van der Waals surface area contributed by atoms with E-state index in [2.05, 4.69) is 25.7 Å². The van der Waals surface area contributed by atoms with Crippen molar-refractivity contribution < 1.29 is 33.8 Å². The standard InChI is InChI=1S/C36H38N6O8S/c1-6-49-31-18-24(34-33(35(44)48-5)22(3)38-36(45)39-34)7-16-30(31)50-20-32(43)40-37-19-25-17-21(2)41(23(25)4)26-8-12-28(13-9-26)51-29-14-10-27(11-15-29)42(46)47/h7-19,32,34,40,43H,6,20H2,1-5H3,(H2,38,39,45)/b37-19-/t32-,34+/m1/s1. The van der Waals surface area contributed by atoms with Gasteiger partial charge in [0.15, 0.2) is 17.7 Å². The Hall–Kier alpha value is -5.80. The van der Waals surface area contributed by atoms with Gasteiger partial charge in [0.25, 0.3) is 5.69 Å². The molecule has 0 saturated heterocycles. The highest BCUT2D eigenvalue weighted by molar-refractivity contribution is 7.99. The van der Waals surface area contributed by atoms with Crippen LogP contribution in [0.15, 0.2) is 99.0 Å². The Morgan fingerprint density at radius 3 is 2.39 bits per heavy atom. The number of nitrogens with zero attached hydrogens (tertiary/aromatic N) is 3. The number of nitro groups is 1. The maximum absolute atomic E-state index is 12.5. The van der Waals surface area contributed by atoms with Gasteiger partial charge in [0.05, 0.1) is 36.5 Å². The van der Waals surface area contributed by atoms with Crippen LogP contribution >= 0.6 is 11.8 Å². The van der Waals surface area contributed by atoms with Crippen molar-refractivity contribution in [2.24, 2.45) is 5.10 Å². The molecule has 1 aliphatic heterocycles. The molecule has 0 radical (unpaired) electrons. The Morgan fingerprint density at radius 1 is 1.06 bits per heavy atom. The van der Waals surface area contributed by atoms with Crippen molar-refractivity contribution in [2.45, 2.75) is 49.8 Å². The maximum atomic E-state index is 12.5. The first-order valence-corrected chi connectivity index (χ1v) is 16.7. The number of esters is 1. The number of aryl methyl sites for hydroxylation is 1. The fraction of sp³-hybridized carbons (Fsp3) is 0.250. The van der Waals surface area contributed by atoms with E-state index in [0.29, 0.717) is 29.4 Å². The number of nitro benzene ring substituents is 1. The van der Waals surface area contributed by atoms with Crippen molar-refractivity contribution in [3.63, 3.8) is 0 Å². The van der Waals surface area contributed by atoms with Crippen LogP contribution in [0.25, 0.3) is 5.69 Å². The molecule has 0 spiro atoms. The zero-order valence-corrected chi connectivity index (χ0v) is 29.4. The third-order valence-corrected chi connectivity index (χ3v) is 8.96. The second-order valence-electron chi connectivity index (χ2n) is 11.4. The van der Waals surface area contributed by atoms with E-state index in [1.807, 2.05) is 51.1 Å². The summed E-state index contributed by atoms with van der Waals surface area (Å²) in [5.74, 6) is 0.143. The number of aliphatic hydroxyl groups excluding tert-OH is 1. The molecule has 0 aliphatic carbocycles. The molecule has 5 rings (SSSR count). The van der Waals surface area contributed by atoms with Crippen LogP contribution in [0.3, 0.4) is 0 Å². The van der Waals surface area contributed by atoms with E-state index in [1.54, 1.807) is 43.5 Å². The molecular weight excluding hydrogens is 676 g/mol. The first-order chi connectivity index (χ1) is 24.5. The number of hydrogen-bond donors (Lipinski definition) is 4. The number of aliphatic hydroxyl groups is 1. The van der Waals surface area contributed by atoms with Crippen molar-refractivity contribution in [3.8, 4) is 17.2 Å². The minimum Gasteiger partial charge on any atom is -0.490 e. The van der Waals surface area contributed by atoms with Crippen LogP contribution < -0.4 is 25.5 Å². The number of rotatable bonds is 14. The van der Waals surface area contributed by atoms with Crippen LogP contribution in [0.2, 0.25) is 0 Å². The lowest BCUT2D eigenvalue weighted by atomic mass is 9.95. The summed E-state index contributed by atoms with van der Waals surface area (Å²) in [6, 6.07) is 20.3. The number of non-ortho nitro benzene ring substituents is 1. The van der Waals surface area contributed by atoms with Gasteiger partial charge in [-0.1, -0.05) is 17.8 Å². The van der Waals surface area contributed by atoms with Crippen LogP contribution in [0.1, 0.15) is 42.4 Å². The first-order valence-electron chi connectivity index (χ1n) is 15.9. The largest absolute Gasteiger partial charge is 0.490 e. The van der Waals surface area contributed by atoms with Crippen LogP contribution in [0.5, 0.6) is 11.5 Å². The Balaban J connectivity index is 1.20. The zero-order valence-electron chi connectivity index (χ0n) is 28.6. The molecule has 2 heterocycles. The minimum atomic E-state index is -1.15. The van der Waals surface area contributed by atoms with Gasteiger partial charge in [-0.25, -0.2) is 9.59 Å². The number of ether oxygens (including phenoxy) is 3. The molecule has 0 fully saturated rings. The first kappa shape index (κ1) is 36.5. The van der Waals surface area contributed by atoms with E-state index in [-0.39, 0.29) is 17.9 Å². The predicted octanol–water partition coefficient (Wildman–Crippen LogP) is 5.67. The average Bonchev–Trinajstić information content (AvgIpc) is 3.39. The minimum absolute atomic E-state index is 0.0569. The van der Waals surface area contributed by atoms with Gasteiger partial charge >= 0.3 is 12.0 Å². The van der Waals surface area contributed by atoms with Crippen LogP contribution in [0.4, 0.5) is 10.5 Å². The van der Waals surface area contributed by atoms with Crippen LogP contribution in [-0.2, 0) is 9.53 Å². The number of allylic oxidation sites excluding steroid dienone is 1. The highest BCUT2D eigenvalue weighted by atomic mass is 32.2. The maximum Gasteiger partial charge on any atom is 0.337 e. The number of hydrogen-bond acceptors (Lipinski definition) is 11. The van der Waals surface area contributed by atoms with E-state index < -0.39 is 29.2 Å². The van der Waals surface area contributed by atoms with Gasteiger partial charge in [-0.2, -0.15) is 5.10 Å². The number of aromatic nitrogens is 1. The molecule has 2 atom stereocenters. The molecule has 2 amide bonds. The average molecular weight is 715 g/mol. The SMILES string of the molecule is CCOc1cc([C@@H]2NC(=O)NC(C)=C2C(=O)OC)ccc1OC[C@@H](O)N/N=C\c1cc(C)n(-c2ccc(Sc3ccc([N+](=O)[O-])cc3)cc2)c1C. The fourth-order valence-electron chi connectivity index (χ4n) is 5.57. The number of carbonyl (C=O) groups is 2. The van der Waals surface area contributed by atoms with Gasteiger partial charge in [-0.15, -0.1) is 0 Å². The smallest absolute Gasteiger partial charge is 0.337 e. The lowest BCUT2D eigenvalue weighted by Crippen LogP contribution is -2.45. The molecule has 0 bridgehead atoms. The molecular formula is C36H38N6O8S. The summed E-state index contributed by atoms with van der Waals surface area (Å²) in [6.45, 7) is 7.58. The molecule has 266 valence electrons. The van der Waals surface area contributed by atoms with Crippen molar-refractivity contribution in [2.75, 3.05) is 20.3 Å². The highest BCUT2D eigenvalue weighted by Crippen LogP contribution is 2.35. The van der Waals surface area contributed by atoms with Crippen LogP contribution in [0, 0.1) is 24.0 Å². The summed E-state index contributed by atoms with van der Waals surface area (Å²) < 4.78 is 18.7. The van der Waals surface area contributed by atoms with Crippen molar-refractivity contribution >= 4 is 35.7 Å². The number of nitrogens with one attached hydrogen (secondary N) is 3. The van der Waals surface area contributed by atoms with Gasteiger partial charge in [0.1, 0.15) is 6.61 Å². The quantitative estimate of drug-likeness (QED) is 0.0418. The van der Waals surface area contributed by atoms with E-state index in [9.17, 15) is 24.8 Å². The normalized spacial score (nSPS) is 14.9. The number of methoxy groups -OCH3 is 1. The van der Waals surface area contributed by atoms with Gasteiger partial charge in [-0.3, -0.25) is 15.5 Å². The second kappa shape index (κ2) is 16.3. The van der Waals surface area contributed by atoms with Gasteiger partial charge in [0.2, 0.25) is 0 Å². The summed E-state index contributed by atoms with van der Waals surface area (Å²) in [5.41, 5.74) is 7.74. The Bertz CT molecular complexity index is 1970. The number of hydrazone groups is 1. The number of amides is 2. The molecule has 0 unspecified atom stereocenters. The summed E-state index contributed by atoms with van der Waals surface area (Å²) in [6.07, 6.45) is 0.475. The molecule has 4 N–H and O–H groups in total. The topological polar surface area (TPSA) is 179 Å². The number of urea groups is 1. The molecule has 1 aromatic heterocycles. The van der Waals surface area contributed by atoms with Crippen molar-refractivity contribution in [1.29, 1.82) is 0 Å². The second-order valence-corrected chi connectivity index (χ2v) is 12.6. The van der Waals surface area contributed by atoms with Gasteiger partial charge in [0, 0.05) is 50.3 Å². The lowest BCUT2D eigenvalue weighted by molar-refractivity contribution is -0.384. The molecule has 14 nitrogen and oxygen atoms in total. The van der Waals surface area contributed by atoms with E-state index in [0.717, 1.165) is 32.4 Å². The van der Waals surface area contributed by atoms with Gasteiger partial charge in [-0.05, 0) is 87.9 Å². The number of carbonyl (C=O) groups excluding carboxylic acids is 2. The molecule has 1 aliphatic rings. The fourth-order valence-corrected chi connectivity index (χ4v) is 6.38. The summed E-state index contributed by atoms with van der Waals surface area (Å²) in [5, 5.41) is 31.1. The van der Waals surface area contributed by atoms with Crippen LogP contribution in [-0.4, -0.2) is 59.4 Å². The summed E-state index contributed by atoms with van der Waals surface area (Å²) >= 11 is 1.52. The Kier molecular flexibility index (Phi) is 11.6. The monoisotopic (exact) mass is 714 g/mol. The Labute approximate surface area is 298 Å². The van der Waals surface area contributed by atoms with Crippen molar-refractivity contribution in [3.05, 3.63) is 117 Å². The molecule has 4 aromatic rings. The lowest BCUT2D eigenvalue weighted by Gasteiger charge is -2.28. The van der Waals surface area contributed by atoms with E-state index in [4.69, 9.17) is 14.2 Å². The van der Waals surface area contributed by atoms with E-state index >= 15 is 0 Å². The molecule has 51 heavy (non-hydrogen) atoms. The molecule has 3 aromatic carbocycles.